The van der Waals surface area contributed by atoms with Crippen molar-refractivity contribution in [2.24, 2.45) is 0 Å². The molecule has 7 nitrogen and oxygen atoms in total. The fraction of sp³-hybridized carbons (Fsp3) is 0.500. The highest BCUT2D eigenvalue weighted by atomic mass is 16.5. The number of carbonyl (C=O) groups excluding carboxylic acids is 2. The van der Waals surface area contributed by atoms with Crippen LogP contribution in [-0.4, -0.2) is 66.2 Å². The standard InChI is InChI=1S/C22H27N3O4/c1-16-18(15-23-29-16)21(27)25-11-9-22(17-6-4-3-5-7-17)8-10-24(12-13-28-2)20(26)14-19(22)25/h3-7,15,19H,8-14H2,1-2H3/t19-,22+/m0/s1. The van der Waals surface area contributed by atoms with Crippen LogP contribution in [0.25, 0.3) is 0 Å². The zero-order valence-corrected chi connectivity index (χ0v) is 17.0. The Bertz CT molecular complexity index is 881. The summed E-state index contributed by atoms with van der Waals surface area (Å²) >= 11 is 0. The minimum absolute atomic E-state index is 0.0756. The first-order chi connectivity index (χ1) is 14.1. The van der Waals surface area contributed by atoms with Crippen molar-refractivity contribution < 1.29 is 18.8 Å². The number of aromatic nitrogens is 1. The van der Waals surface area contributed by atoms with Crippen LogP contribution in [0.4, 0.5) is 0 Å². The second-order valence-electron chi connectivity index (χ2n) is 7.91. The maximum atomic E-state index is 13.3. The summed E-state index contributed by atoms with van der Waals surface area (Å²) in [4.78, 5) is 30.1. The number of carbonyl (C=O) groups is 2. The molecule has 0 unspecified atom stereocenters. The van der Waals surface area contributed by atoms with Crippen molar-refractivity contribution in [2.75, 3.05) is 33.4 Å². The predicted molar refractivity (Wildman–Crippen MR) is 106 cm³/mol. The van der Waals surface area contributed by atoms with Gasteiger partial charge in [0.25, 0.3) is 5.91 Å². The van der Waals surface area contributed by atoms with Crippen LogP contribution in [0.3, 0.4) is 0 Å². The summed E-state index contributed by atoms with van der Waals surface area (Å²) in [6, 6.07) is 10.1. The third kappa shape index (κ3) is 3.44. The normalized spacial score (nSPS) is 24.5. The Morgan fingerprint density at radius 3 is 2.72 bits per heavy atom. The Hall–Kier alpha value is -2.67. The van der Waals surface area contributed by atoms with Gasteiger partial charge in [-0.2, -0.15) is 0 Å². The largest absolute Gasteiger partial charge is 0.383 e. The summed E-state index contributed by atoms with van der Waals surface area (Å²) < 4.78 is 10.3. The highest BCUT2D eigenvalue weighted by molar-refractivity contribution is 5.95. The number of hydrogen-bond donors (Lipinski definition) is 0. The number of nitrogens with zero attached hydrogens (tertiary/aromatic N) is 3. The third-order valence-corrected chi connectivity index (χ3v) is 6.52. The lowest BCUT2D eigenvalue weighted by Crippen LogP contribution is -2.45. The van der Waals surface area contributed by atoms with Crippen molar-refractivity contribution in [3.05, 3.63) is 53.4 Å². The molecule has 0 bridgehead atoms. The molecule has 154 valence electrons. The van der Waals surface area contributed by atoms with Gasteiger partial charge in [-0.25, -0.2) is 0 Å². The molecule has 3 heterocycles. The van der Waals surface area contributed by atoms with E-state index in [1.807, 2.05) is 28.0 Å². The van der Waals surface area contributed by atoms with Gasteiger partial charge < -0.3 is 19.1 Å². The van der Waals surface area contributed by atoms with Gasteiger partial charge in [-0.1, -0.05) is 35.5 Å². The number of aryl methyl sites for hydroxylation is 1. The van der Waals surface area contributed by atoms with E-state index in [4.69, 9.17) is 9.26 Å². The first kappa shape index (κ1) is 19.6. The number of likely N-dealkylation sites (tertiary alicyclic amines) is 2. The molecule has 2 aromatic rings. The maximum Gasteiger partial charge on any atom is 0.259 e. The molecule has 1 aromatic carbocycles. The van der Waals surface area contributed by atoms with E-state index in [1.165, 1.54) is 11.8 Å². The molecule has 0 saturated carbocycles. The molecular formula is C22H27N3O4. The van der Waals surface area contributed by atoms with E-state index >= 15 is 0 Å². The molecule has 2 atom stereocenters. The van der Waals surface area contributed by atoms with E-state index in [1.54, 1.807) is 14.0 Å². The van der Waals surface area contributed by atoms with Gasteiger partial charge in [0.1, 0.15) is 11.3 Å². The number of amides is 2. The molecule has 29 heavy (non-hydrogen) atoms. The quantitative estimate of drug-likeness (QED) is 0.774. The summed E-state index contributed by atoms with van der Waals surface area (Å²) in [6.07, 6.45) is 3.45. The molecule has 2 amide bonds. The highest BCUT2D eigenvalue weighted by Crippen LogP contribution is 2.46. The number of ether oxygens (including phenoxy) is 1. The molecule has 2 saturated heterocycles. The van der Waals surface area contributed by atoms with Crippen LogP contribution in [0.1, 0.15) is 40.9 Å². The Balaban J connectivity index is 1.71. The van der Waals surface area contributed by atoms with Crippen LogP contribution >= 0.6 is 0 Å². The summed E-state index contributed by atoms with van der Waals surface area (Å²) in [5.74, 6) is 0.477. The van der Waals surface area contributed by atoms with Crippen LogP contribution in [0, 0.1) is 6.92 Å². The van der Waals surface area contributed by atoms with E-state index in [-0.39, 0.29) is 23.3 Å². The fourth-order valence-electron chi connectivity index (χ4n) is 4.88. The fourth-order valence-corrected chi connectivity index (χ4v) is 4.88. The Morgan fingerprint density at radius 2 is 2.03 bits per heavy atom. The van der Waals surface area contributed by atoms with Gasteiger partial charge in [0.05, 0.1) is 18.8 Å². The average Bonchev–Trinajstić information content (AvgIpc) is 3.29. The Kier molecular flexibility index (Phi) is 5.41. The first-order valence-electron chi connectivity index (χ1n) is 10.1. The van der Waals surface area contributed by atoms with Crippen molar-refractivity contribution in [1.82, 2.24) is 15.0 Å². The average molecular weight is 397 g/mol. The van der Waals surface area contributed by atoms with E-state index in [0.29, 0.717) is 44.0 Å². The van der Waals surface area contributed by atoms with Crippen molar-refractivity contribution >= 4 is 11.8 Å². The van der Waals surface area contributed by atoms with Gasteiger partial charge in [0.2, 0.25) is 5.91 Å². The predicted octanol–water partition coefficient (Wildman–Crippen LogP) is 2.40. The Morgan fingerprint density at radius 1 is 1.28 bits per heavy atom. The lowest BCUT2D eigenvalue weighted by Gasteiger charge is -2.36. The van der Waals surface area contributed by atoms with Gasteiger partial charge in [0, 0.05) is 38.6 Å². The molecule has 4 rings (SSSR count). The van der Waals surface area contributed by atoms with Crippen LogP contribution in [0.5, 0.6) is 0 Å². The highest BCUT2D eigenvalue weighted by Gasteiger charge is 2.52. The number of methoxy groups -OCH3 is 1. The molecule has 2 aliphatic rings. The SMILES string of the molecule is COCCN1CC[C@]2(c3ccccc3)CCN(C(=O)c3cnoc3C)[C@H]2CC1=O. The Labute approximate surface area is 170 Å². The van der Waals surface area contributed by atoms with Crippen molar-refractivity contribution in [1.29, 1.82) is 0 Å². The van der Waals surface area contributed by atoms with E-state index in [2.05, 4.69) is 17.3 Å². The molecule has 7 heteroatoms. The zero-order valence-electron chi connectivity index (χ0n) is 17.0. The van der Waals surface area contributed by atoms with Gasteiger partial charge in [-0.05, 0) is 25.3 Å². The lowest BCUT2D eigenvalue weighted by molar-refractivity contribution is -0.132. The van der Waals surface area contributed by atoms with Gasteiger partial charge in [0.15, 0.2) is 0 Å². The molecule has 0 aliphatic carbocycles. The number of hydrogen-bond acceptors (Lipinski definition) is 5. The second-order valence-corrected chi connectivity index (χ2v) is 7.91. The summed E-state index contributed by atoms with van der Waals surface area (Å²) in [5.41, 5.74) is 1.44. The molecule has 0 radical (unpaired) electrons. The first-order valence-corrected chi connectivity index (χ1v) is 10.1. The van der Waals surface area contributed by atoms with Crippen LogP contribution in [0.15, 0.2) is 41.1 Å². The van der Waals surface area contributed by atoms with Crippen molar-refractivity contribution in [3.8, 4) is 0 Å². The third-order valence-electron chi connectivity index (χ3n) is 6.52. The van der Waals surface area contributed by atoms with E-state index in [9.17, 15) is 9.59 Å². The number of fused-ring (bicyclic) bond motifs is 1. The van der Waals surface area contributed by atoms with Crippen molar-refractivity contribution in [3.63, 3.8) is 0 Å². The minimum Gasteiger partial charge on any atom is -0.383 e. The van der Waals surface area contributed by atoms with Crippen LogP contribution < -0.4 is 0 Å². The molecular weight excluding hydrogens is 370 g/mol. The van der Waals surface area contributed by atoms with Gasteiger partial charge >= 0.3 is 0 Å². The number of rotatable bonds is 5. The molecule has 1 aromatic heterocycles. The van der Waals surface area contributed by atoms with Crippen LogP contribution in [-0.2, 0) is 14.9 Å². The van der Waals surface area contributed by atoms with Crippen molar-refractivity contribution in [2.45, 2.75) is 37.6 Å². The lowest BCUT2D eigenvalue weighted by atomic mass is 9.71. The summed E-state index contributed by atoms with van der Waals surface area (Å²) in [5, 5.41) is 3.76. The molecule has 2 aliphatic heterocycles. The van der Waals surface area contributed by atoms with Gasteiger partial charge in [-0.3, -0.25) is 9.59 Å². The van der Waals surface area contributed by atoms with E-state index in [0.717, 1.165) is 12.8 Å². The summed E-state index contributed by atoms with van der Waals surface area (Å²) in [6.45, 7) is 4.12. The maximum absolute atomic E-state index is 13.3. The smallest absolute Gasteiger partial charge is 0.259 e. The zero-order chi connectivity index (χ0) is 20.4. The van der Waals surface area contributed by atoms with E-state index < -0.39 is 0 Å². The minimum atomic E-state index is -0.237. The van der Waals surface area contributed by atoms with Crippen LogP contribution in [0.2, 0.25) is 0 Å². The molecule has 0 spiro atoms. The molecule has 2 fully saturated rings. The second kappa shape index (κ2) is 7.99. The molecule has 0 N–H and O–H groups in total. The number of benzene rings is 1. The van der Waals surface area contributed by atoms with Gasteiger partial charge in [-0.15, -0.1) is 0 Å². The topological polar surface area (TPSA) is 75.9 Å². The summed E-state index contributed by atoms with van der Waals surface area (Å²) in [7, 11) is 1.64. The monoisotopic (exact) mass is 397 g/mol.